The number of nitrogen functional groups attached to an aromatic ring is 1. The Morgan fingerprint density at radius 2 is 2.00 bits per heavy atom. The number of hydrogen-bond donors (Lipinski definition) is 3. The molecule has 4 N–H and O–H groups in total. The third kappa shape index (κ3) is 3.53. The van der Waals surface area contributed by atoms with Crippen LogP contribution in [0.2, 0.25) is 0 Å². The van der Waals surface area contributed by atoms with E-state index in [1.54, 1.807) is 10.6 Å². The predicted octanol–water partition coefficient (Wildman–Crippen LogP) is 0.899. The standard InChI is InChI=1S/C20H20N6O5/c21-18-15-19(23-9-22-18)26(10-24-15)20-17(16(28)14(7-27)30-20)29-8-12-6-13(25-31-12)11-4-2-1-3-5-11/h1-6,9-10,14,16-17,20,27-28H,7-8H2,(H2,21,22,23)/t14-,16-,17-,20-/m1/s1. The van der Waals surface area contributed by atoms with Crippen molar-refractivity contribution in [1.82, 2.24) is 24.7 Å². The molecule has 31 heavy (non-hydrogen) atoms. The number of aliphatic hydroxyl groups is 2. The Morgan fingerprint density at radius 1 is 1.16 bits per heavy atom. The molecule has 3 aromatic heterocycles. The number of ether oxygens (including phenoxy) is 2. The first-order valence-electron chi connectivity index (χ1n) is 9.65. The van der Waals surface area contributed by atoms with Gasteiger partial charge in [-0.1, -0.05) is 35.5 Å². The van der Waals surface area contributed by atoms with Gasteiger partial charge in [-0.25, -0.2) is 15.0 Å². The van der Waals surface area contributed by atoms with Crippen LogP contribution in [0.5, 0.6) is 0 Å². The molecule has 0 amide bonds. The minimum Gasteiger partial charge on any atom is -0.394 e. The van der Waals surface area contributed by atoms with Crippen LogP contribution in [0, 0.1) is 0 Å². The molecule has 0 aliphatic carbocycles. The highest BCUT2D eigenvalue weighted by Gasteiger charge is 2.46. The van der Waals surface area contributed by atoms with E-state index in [0.717, 1.165) is 5.56 Å². The number of nitrogens with zero attached hydrogens (tertiary/aromatic N) is 5. The Bertz CT molecular complexity index is 1180. The second-order valence-corrected chi connectivity index (χ2v) is 7.14. The highest BCUT2D eigenvalue weighted by Crippen LogP contribution is 2.34. The molecule has 1 fully saturated rings. The Morgan fingerprint density at radius 3 is 2.81 bits per heavy atom. The number of hydrogen-bond acceptors (Lipinski definition) is 10. The van der Waals surface area contributed by atoms with Gasteiger partial charge in [-0.2, -0.15) is 0 Å². The van der Waals surface area contributed by atoms with Gasteiger partial charge in [0.25, 0.3) is 0 Å². The van der Waals surface area contributed by atoms with Crippen molar-refractivity contribution < 1.29 is 24.2 Å². The fourth-order valence-electron chi connectivity index (χ4n) is 3.63. The summed E-state index contributed by atoms with van der Waals surface area (Å²) < 4.78 is 18.8. The third-order valence-electron chi connectivity index (χ3n) is 5.20. The highest BCUT2D eigenvalue weighted by molar-refractivity contribution is 5.81. The lowest BCUT2D eigenvalue weighted by atomic mass is 10.1. The van der Waals surface area contributed by atoms with Crippen LogP contribution >= 0.6 is 0 Å². The van der Waals surface area contributed by atoms with E-state index in [-0.39, 0.29) is 19.0 Å². The first-order valence-corrected chi connectivity index (χ1v) is 9.65. The van der Waals surface area contributed by atoms with E-state index in [1.165, 1.54) is 12.7 Å². The number of aliphatic hydroxyl groups excluding tert-OH is 2. The minimum absolute atomic E-state index is 0.0450. The smallest absolute Gasteiger partial charge is 0.167 e. The van der Waals surface area contributed by atoms with Crippen molar-refractivity contribution >= 4 is 17.0 Å². The fraction of sp³-hybridized carbons (Fsp3) is 0.300. The molecule has 160 valence electrons. The highest BCUT2D eigenvalue weighted by atomic mass is 16.6. The maximum atomic E-state index is 10.7. The maximum absolute atomic E-state index is 10.7. The largest absolute Gasteiger partial charge is 0.394 e. The molecule has 4 aromatic rings. The van der Waals surface area contributed by atoms with E-state index in [0.29, 0.717) is 22.6 Å². The fourth-order valence-corrected chi connectivity index (χ4v) is 3.63. The van der Waals surface area contributed by atoms with Gasteiger partial charge in [0.15, 0.2) is 23.5 Å². The van der Waals surface area contributed by atoms with Gasteiger partial charge >= 0.3 is 0 Å². The lowest BCUT2D eigenvalue weighted by molar-refractivity contribution is -0.0798. The van der Waals surface area contributed by atoms with Crippen LogP contribution in [0.3, 0.4) is 0 Å². The van der Waals surface area contributed by atoms with Gasteiger partial charge in [0, 0.05) is 11.6 Å². The summed E-state index contributed by atoms with van der Waals surface area (Å²) >= 11 is 0. The zero-order chi connectivity index (χ0) is 21.4. The van der Waals surface area contributed by atoms with E-state index >= 15 is 0 Å². The van der Waals surface area contributed by atoms with E-state index in [1.807, 2.05) is 30.3 Å². The predicted molar refractivity (Wildman–Crippen MR) is 107 cm³/mol. The number of aromatic nitrogens is 5. The molecular formula is C20H20N6O5. The number of nitrogens with two attached hydrogens (primary N) is 1. The quantitative estimate of drug-likeness (QED) is 0.406. The van der Waals surface area contributed by atoms with Crippen LogP contribution in [0.4, 0.5) is 5.82 Å². The molecule has 5 rings (SSSR count). The summed E-state index contributed by atoms with van der Waals surface area (Å²) in [6.07, 6.45) is -0.714. The minimum atomic E-state index is -1.08. The summed E-state index contributed by atoms with van der Waals surface area (Å²) in [4.78, 5) is 12.4. The molecule has 0 saturated carbocycles. The maximum Gasteiger partial charge on any atom is 0.167 e. The van der Waals surface area contributed by atoms with Crippen LogP contribution in [0.15, 0.2) is 53.6 Å². The lowest BCUT2D eigenvalue weighted by Gasteiger charge is -2.21. The average molecular weight is 424 g/mol. The number of fused-ring (bicyclic) bond motifs is 1. The van der Waals surface area contributed by atoms with E-state index in [2.05, 4.69) is 20.1 Å². The van der Waals surface area contributed by atoms with Crippen molar-refractivity contribution in [2.24, 2.45) is 0 Å². The zero-order valence-electron chi connectivity index (χ0n) is 16.3. The van der Waals surface area contributed by atoms with Crippen LogP contribution in [-0.2, 0) is 16.1 Å². The first kappa shape index (κ1) is 19.6. The van der Waals surface area contributed by atoms with E-state index in [4.69, 9.17) is 19.7 Å². The first-order chi connectivity index (χ1) is 15.2. The molecule has 0 radical (unpaired) electrons. The SMILES string of the molecule is Nc1ncnc2c1ncn2[C@@H]1O[C@H](CO)[C@@H](O)[C@H]1OCc1cc(-c2ccccc2)no1. The van der Waals surface area contributed by atoms with Gasteiger partial charge in [-0.3, -0.25) is 4.57 Å². The molecule has 1 aromatic carbocycles. The van der Waals surface area contributed by atoms with Crippen molar-refractivity contribution in [1.29, 1.82) is 0 Å². The summed E-state index contributed by atoms with van der Waals surface area (Å²) in [6.45, 7) is -0.328. The van der Waals surface area contributed by atoms with Crippen LogP contribution in [-0.4, -0.2) is 59.8 Å². The number of imidazole rings is 1. The van der Waals surface area contributed by atoms with Crippen molar-refractivity contribution in [3.05, 3.63) is 54.8 Å². The summed E-state index contributed by atoms with van der Waals surface area (Å²) in [5.74, 6) is 0.716. The topological polar surface area (TPSA) is 155 Å². The van der Waals surface area contributed by atoms with Gasteiger partial charge in [-0.05, 0) is 0 Å². The summed E-state index contributed by atoms with van der Waals surface area (Å²) in [7, 11) is 0. The summed E-state index contributed by atoms with van der Waals surface area (Å²) in [5.41, 5.74) is 8.30. The molecule has 4 heterocycles. The molecule has 11 nitrogen and oxygen atoms in total. The summed E-state index contributed by atoms with van der Waals surface area (Å²) in [6, 6.07) is 11.4. The second-order valence-electron chi connectivity index (χ2n) is 7.14. The van der Waals surface area contributed by atoms with Crippen molar-refractivity contribution in [2.45, 2.75) is 31.1 Å². The molecule has 0 spiro atoms. The van der Waals surface area contributed by atoms with E-state index < -0.39 is 24.5 Å². The molecule has 0 bridgehead atoms. The number of anilines is 1. The molecule has 0 unspecified atom stereocenters. The molecule has 1 saturated heterocycles. The van der Waals surface area contributed by atoms with Gasteiger partial charge < -0.3 is 29.9 Å². The second kappa shape index (κ2) is 8.04. The summed E-state index contributed by atoms with van der Waals surface area (Å²) in [5, 5.41) is 24.3. The Labute approximate surface area is 176 Å². The van der Waals surface area contributed by atoms with Gasteiger partial charge in [0.2, 0.25) is 0 Å². The molecule has 1 aliphatic heterocycles. The molecular weight excluding hydrogens is 404 g/mol. The van der Waals surface area contributed by atoms with Crippen LogP contribution in [0.25, 0.3) is 22.4 Å². The Balaban J connectivity index is 1.38. The normalized spacial score (nSPS) is 23.5. The number of benzene rings is 1. The van der Waals surface area contributed by atoms with Crippen molar-refractivity contribution in [3.63, 3.8) is 0 Å². The van der Waals surface area contributed by atoms with Gasteiger partial charge in [-0.15, -0.1) is 0 Å². The van der Waals surface area contributed by atoms with E-state index in [9.17, 15) is 10.2 Å². The van der Waals surface area contributed by atoms with Crippen LogP contribution < -0.4 is 5.73 Å². The molecule has 11 heteroatoms. The van der Waals surface area contributed by atoms with Crippen LogP contribution in [0.1, 0.15) is 12.0 Å². The Hall–Kier alpha value is -3.38. The molecule has 1 aliphatic rings. The Kier molecular flexibility index (Phi) is 5.08. The van der Waals surface area contributed by atoms with Crippen molar-refractivity contribution in [3.8, 4) is 11.3 Å². The van der Waals surface area contributed by atoms with Gasteiger partial charge in [0.1, 0.15) is 42.5 Å². The van der Waals surface area contributed by atoms with Crippen molar-refractivity contribution in [2.75, 3.05) is 12.3 Å². The average Bonchev–Trinajstić information content (AvgIpc) is 3.51. The third-order valence-corrected chi connectivity index (χ3v) is 5.20. The zero-order valence-corrected chi connectivity index (χ0v) is 16.3. The van der Waals surface area contributed by atoms with Gasteiger partial charge in [0.05, 0.1) is 12.9 Å². The lowest BCUT2D eigenvalue weighted by Crippen LogP contribution is -2.35. The monoisotopic (exact) mass is 424 g/mol. The number of rotatable bonds is 6. The molecule has 4 atom stereocenters.